The summed E-state index contributed by atoms with van der Waals surface area (Å²) in [6.07, 6.45) is -1.71. The van der Waals surface area contributed by atoms with Gasteiger partial charge in [0, 0.05) is 31.4 Å². The third-order valence-electron chi connectivity index (χ3n) is 7.48. The molecule has 0 unspecified atom stereocenters. The zero-order chi connectivity index (χ0) is 23.4. The van der Waals surface area contributed by atoms with Gasteiger partial charge in [-0.1, -0.05) is 0 Å². The van der Waals surface area contributed by atoms with Crippen LogP contribution in [0.15, 0.2) is 18.6 Å². The summed E-state index contributed by atoms with van der Waals surface area (Å²) in [6, 6.07) is 1.74. The predicted octanol–water partition coefficient (Wildman–Crippen LogP) is 1.13. The number of ether oxygens (including phenoxy) is 1. The standard InChI is InChI=1S/C21H29F3N6O3/c22-21(23,24)11-28-8-4-20(5-9-28)3-1-6-29(20)10-14-15(31)16(32)19(33-14)30-7-2-13-17(25)26-12-27-18(13)30/h2,7,12,14-16,19,31-32H,1,3-6,8-11H2,(H2,25,26,27)/t14-,15-,16-,19-/m1/s1. The maximum absolute atomic E-state index is 12.8. The van der Waals surface area contributed by atoms with Gasteiger partial charge >= 0.3 is 6.18 Å². The van der Waals surface area contributed by atoms with E-state index in [1.807, 2.05) is 0 Å². The molecule has 182 valence electrons. The highest BCUT2D eigenvalue weighted by Gasteiger charge is 2.49. The largest absolute Gasteiger partial charge is 0.401 e. The fourth-order valence-electron chi connectivity index (χ4n) is 5.75. The number of aromatic nitrogens is 3. The molecule has 0 amide bonds. The average molecular weight is 470 g/mol. The van der Waals surface area contributed by atoms with Gasteiger partial charge in [0.1, 0.15) is 36.1 Å². The minimum atomic E-state index is -4.19. The van der Waals surface area contributed by atoms with E-state index in [2.05, 4.69) is 14.9 Å². The molecule has 0 bridgehead atoms. The molecule has 3 fully saturated rings. The van der Waals surface area contributed by atoms with Gasteiger partial charge < -0.3 is 25.3 Å². The fourth-order valence-corrected chi connectivity index (χ4v) is 5.75. The van der Waals surface area contributed by atoms with Gasteiger partial charge in [-0.3, -0.25) is 9.80 Å². The van der Waals surface area contributed by atoms with Crippen LogP contribution in [0, 0.1) is 0 Å². The Hall–Kier alpha value is -1.99. The Morgan fingerprint density at radius 3 is 2.61 bits per heavy atom. The van der Waals surface area contributed by atoms with Crippen molar-refractivity contribution in [2.75, 3.05) is 38.5 Å². The Bertz CT molecular complexity index is 993. The molecule has 12 heteroatoms. The van der Waals surface area contributed by atoms with E-state index in [0.29, 0.717) is 49.3 Å². The highest BCUT2D eigenvalue weighted by atomic mass is 19.4. The maximum atomic E-state index is 12.8. The van der Waals surface area contributed by atoms with Gasteiger partial charge in [-0.25, -0.2) is 9.97 Å². The van der Waals surface area contributed by atoms with Crippen LogP contribution in [0.25, 0.3) is 11.0 Å². The first-order valence-corrected chi connectivity index (χ1v) is 11.3. The van der Waals surface area contributed by atoms with Crippen LogP contribution in [0.2, 0.25) is 0 Å². The molecule has 2 aromatic rings. The molecule has 0 radical (unpaired) electrons. The van der Waals surface area contributed by atoms with Crippen LogP contribution >= 0.6 is 0 Å². The summed E-state index contributed by atoms with van der Waals surface area (Å²) < 4.78 is 46.1. The normalized spacial score (nSPS) is 31.2. The second kappa shape index (κ2) is 8.35. The molecule has 3 aliphatic heterocycles. The molecule has 3 aliphatic rings. The molecule has 3 saturated heterocycles. The second-order valence-corrected chi connectivity index (χ2v) is 9.43. The minimum absolute atomic E-state index is 0.184. The molecule has 9 nitrogen and oxygen atoms in total. The Morgan fingerprint density at radius 1 is 1.12 bits per heavy atom. The van der Waals surface area contributed by atoms with Gasteiger partial charge in [0.2, 0.25) is 0 Å². The summed E-state index contributed by atoms with van der Waals surface area (Å²) in [5.74, 6) is 0.319. The van der Waals surface area contributed by atoms with Crippen molar-refractivity contribution in [3.8, 4) is 0 Å². The third-order valence-corrected chi connectivity index (χ3v) is 7.48. The lowest BCUT2D eigenvalue weighted by atomic mass is 9.84. The lowest BCUT2D eigenvalue weighted by Gasteiger charge is -2.46. The molecule has 0 aliphatic carbocycles. The van der Waals surface area contributed by atoms with Crippen molar-refractivity contribution in [3.63, 3.8) is 0 Å². The van der Waals surface area contributed by atoms with Crippen molar-refractivity contribution >= 4 is 16.9 Å². The van der Waals surface area contributed by atoms with Gasteiger partial charge in [0.05, 0.1) is 11.9 Å². The average Bonchev–Trinajstić information content (AvgIpc) is 3.43. The number of nitrogen functional groups attached to an aromatic ring is 1. The van der Waals surface area contributed by atoms with Crippen LogP contribution in [0.1, 0.15) is 31.9 Å². The fraction of sp³-hybridized carbons (Fsp3) is 0.714. The number of likely N-dealkylation sites (tertiary alicyclic amines) is 2. The van der Waals surface area contributed by atoms with Crippen molar-refractivity contribution in [2.45, 2.75) is 61.9 Å². The smallest absolute Gasteiger partial charge is 0.387 e. The number of anilines is 1. The van der Waals surface area contributed by atoms with E-state index in [0.717, 1.165) is 19.4 Å². The van der Waals surface area contributed by atoms with Gasteiger partial charge in [-0.05, 0) is 38.3 Å². The molecule has 1 spiro atoms. The number of halogens is 3. The number of nitrogens with zero attached hydrogens (tertiary/aromatic N) is 5. The number of hydrogen-bond donors (Lipinski definition) is 3. The van der Waals surface area contributed by atoms with Crippen molar-refractivity contribution in [3.05, 3.63) is 18.6 Å². The molecule has 2 aromatic heterocycles. The summed E-state index contributed by atoms with van der Waals surface area (Å²) in [6.45, 7) is 1.12. The van der Waals surface area contributed by atoms with Crippen molar-refractivity contribution in [1.29, 1.82) is 0 Å². The first-order chi connectivity index (χ1) is 15.7. The lowest BCUT2D eigenvalue weighted by Crippen LogP contribution is -2.55. The van der Waals surface area contributed by atoms with E-state index in [9.17, 15) is 23.4 Å². The van der Waals surface area contributed by atoms with Crippen LogP contribution in [0.5, 0.6) is 0 Å². The Kier molecular flexibility index (Phi) is 5.76. The Labute approximate surface area is 188 Å². The maximum Gasteiger partial charge on any atom is 0.401 e. The number of rotatable bonds is 4. The number of hydrogen-bond acceptors (Lipinski definition) is 8. The van der Waals surface area contributed by atoms with Crippen LogP contribution in [0.3, 0.4) is 0 Å². The monoisotopic (exact) mass is 470 g/mol. The highest BCUT2D eigenvalue weighted by Crippen LogP contribution is 2.41. The molecule has 33 heavy (non-hydrogen) atoms. The van der Waals surface area contributed by atoms with Gasteiger partial charge in [0.25, 0.3) is 0 Å². The van der Waals surface area contributed by atoms with Crippen molar-refractivity contribution in [2.24, 2.45) is 0 Å². The number of nitrogens with two attached hydrogens (primary N) is 1. The molecule has 5 heterocycles. The summed E-state index contributed by atoms with van der Waals surface area (Å²) in [7, 11) is 0. The van der Waals surface area contributed by atoms with Crippen LogP contribution in [0.4, 0.5) is 19.0 Å². The Balaban J connectivity index is 1.28. The molecule has 4 N–H and O–H groups in total. The van der Waals surface area contributed by atoms with E-state index in [-0.39, 0.29) is 5.54 Å². The van der Waals surface area contributed by atoms with E-state index in [1.165, 1.54) is 11.2 Å². The number of alkyl halides is 3. The van der Waals surface area contributed by atoms with Crippen LogP contribution in [-0.2, 0) is 4.74 Å². The summed E-state index contributed by atoms with van der Waals surface area (Å²) in [4.78, 5) is 11.9. The molecule has 0 saturated carbocycles. The molecular weight excluding hydrogens is 441 g/mol. The highest BCUT2D eigenvalue weighted by molar-refractivity contribution is 5.86. The van der Waals surface area contributed by atoms with Crippen LogP contribution in [-0.4, -0.2) is 97.3 Å². The van der Waals surface area contributed by atoms with Gasteiger partial charge in [-0.2, -0.15) is 13.2 Å². The number of aliphatic hydroxyl groups is 2. The quantitative estimate of drug-likeness (QED) is 0.610. The first kappa shape index (κ1) is 22.8. The number of fused-ring (bicyclic) bond motifs is 1. The predicted molar refractivity (Wildman–Crippen MR) is 113 cm³/mol. The topological polar surface area (TPSA) is 113 Å². The van der Waals surface area contributed by atoms with E-state index < -0.39 is 37.3 Å². The second-order valence-electron chi connectivity index (χ2n) is 9.43. The summed E-state index contributed by atoms with van der Waals surface area (Å²) >= 11 is 0. The number of piperidine rings is 1. The van der Waals surface area contributed by atoms with Crippen molar-refractivity contribution in [1.82, 2.24) is 24.3 Å². The van der Waals surface area contributed by atoms with Crippen molar-refractivity contribution < 1.29 is 28.1 Å². The molecule has 5 rings (SSSR count). The molecule has 0 aromatic carbocycles. The van der Waals surface area contributed by atoms with E-state index >= 15 is 0 Å². The van der Waals surface area contributed by atoms with E-state index in [1.54, 1.807) is 16.8 Å². The number of aliphatic hydroxyl groups excluding tert-OH is 2. The van der Waals surface area contributed by atoms with Crippen LogP contribution < -0.4 is 5.73 Å². The van der Waals surface area contributed by atoms with Gasteiger partial charge in [0.15, 0.2) is 6.23 Å². The lowest BCUT2D eigenvalue weighted by molar-refractivity contribution is -0.151. The van der Waals surface area contributed by atoms with Gasteiger partial charge in [-0.15, -0.1) is 0 Å². The molecule has 4 atom stereocenters. The summed E-state index contributed by atoms with van der Waals surface area (Å²) in [5, 5.41) is 22.1. The molecular formula is C21H29F3N6O3. The zero-order valence-corrected chi connectivity index (χ0v) is 18.2. The first-order valence-electron chi connectivity index (χ1n) is 11.3. The Morgan fingerprint density at radius 2 is 1.88 bits per heavy atom. The summed E-state index contributed by atoms with van der Waals surface area (Å²) in [5.41, 5.74) is 6.22. The SMILES string of the molecule is Nc1ncnc2c1ccn2[C@@H]1O[C@H](CN2CCCC23CCN(CC(F)(F)F)CC3)[C@@H](O)[C@H]1O. The minimum Gasteiger partial charge on any atom is -0.387 e. The third kappa shape index (κ3) is 4.18. The van der Waals surface area contributed by atoms with E-state index in [4.69, 9.17) is 10.5 Å². The zero-order valence-electron chi connectivity index (χ0n) is 18.2.